The summed E-state index contributed by atoms with van der Waals surface area (Å²) in [5, 5.41) is 8.47. The molecule has 0 saturated carbocycles. The van der Waals surface area contributed by atoms with Crippen LogP contribution < -0.4 is 20.9 Å². The number of hydrogen-bond acceptors (Lipinski definition) is 7. The summed E-state index contributed by atoms with van der Waals surface area (Å²) in [4.78, 5) is 29.1. The van der Waals surface area contributed by atoms with Gasteiger partial charge in [0.05, 0.1) is 41.4 Å². The molecule has 0 aliphatic carbocycles. The second-order valence-electron chi connectivity index (χ2n) is 9.05. The van der Waals surface area contributed by atoms with Crippen molar-refractivity contribution in [2.45, 2.75) is 0 Å². The number of nitrogens with two attached hydrogens (primary N) is 1. The minimum absolute atomic E-state index is 0.158. The molecule has 3 aromatic carbocycles. The highest BCUT2D eigenvalue weighted by molar-refractivity contribution is 8.04. The van der Waals surface area contributed by atoms with Crippen LogP contribution in [0, 0.1) is 0 Å². The number of nitrogens with one attached hydrogen (secondary N) is 1. The van der Waals surface area contributed by atoms with Gasteiger partial charge in [-0.3, -0.25) is 9.59 Å². The molecule has 3 heterocycles. The van der Waals surface area contributed by atoms with Crippen LogP contribution in [0.2, 0.25) is 0 Å². The summed E-state index contributed by atoms with van der Waals surface area (Å²) in [6, 6.07) is 21.4. The molecule has 2 aliphatic heterocycles. The van der Waals surface area contributed by atoms with E-state index in [4.69, 9.17) is 10.5 Å². The number of primary amides is 1. The molecule has 1 aromatic heterocycles. The van der Waals surface area contributed by atoms with Crippen LogP contribution in [0.1, 0.15) is 10.4 Å². The highest BCUT2D eigenvalue weighted by atomic mass is 32.2. The van der Waals surface area contributed by atoms with Gasteiger partial charge in [0, 0.05) is 47.3 Å². The molecule has 38 heavy (non-hydrogen) atoms. The summed E-state index contributed by atoms with van der Waals surface area (Å²) >= 11 is 1.43. The van der Waals surface area contributed by atoms with Crippen molar-refractivity contribution in [1.29, 1.82) is 0 Å². The number of carbonyl (C=O) groups excluding carboxylic acids is 2. The molecular weight excluding hydrogens is 500 g/mol. The van der Waals surface area contributed by atoms with Crippen molar-refractivity contribution in [3.8, 4) is 5.69 Å². The van der Waals surface area contributed by atoms with Gasteiger partial charge in [-0.2, -0.15) is 5.10 Å². The van der Waals surface area contributed by atoms with Gasteiger partial charge in [0.25, 0.3) is 11.8 Å². The van der Waals surface area contributed by atoms with Gasteiger partial charge in [-0.1, -0.05) is 11.8 Å². The predicted octanol–water partition coefficient (Wildman–Crippen LogP) is 3.95. The second kappa shape index (κ2) is 10.2. The number of ether oxygens (including phenoxy) is 1. The van der Waals surface area contributed by atoms with Crippen LogP contribution in [-0.4, -0.2) is 53.8 Å². The Hall–Kier alpha value is -4.28. The Morgan fingerprint density at radius 1 is 0.921 bits per heavy atom. The van der Waals surface area contributed by atoms with Crippen molar-refractivity contribution < 1.29 is 14.3 Å². The van der Waals surface area contributed by atoms with Gasteiger partial charge in [0.15, 0.2) is 0 Å². The minimum Gasteiger partial charge on any atom is -0.378 e. The number of aromatic nitrogens is 2. The lowest BCUT2D eigenvalue weighted by Crippen LogP contribution is -2.36. The first-order valence-electron chi connectivity index (χ1n) is 12.3. The molecule has 1 saturated heterocycles. The largest absolute Gasteiger partial charge is 0.378 e. The molecule has 1 fully saturated rings. The summed E-state index contributed by atoms with van der Waals surface area (Å²) in [6.45, 7) is 3.16. The molecule has 0 unspecified atom stereocenters. The zero-order valence-electron chi connectivity index (χ0n) is 20.5. The van der Waals surface area contributed by atoms with Gasteiger partial charge in [-0.05, 0) is 66.7 Å². The Labute approximate surface area is 223 Å². The van der Waals surface area contributed by atoms with Crippen molar-refractivity contribution in [2.24, 2.45) is 5.73 Å². The van der Waals surface area contributed by atoms with Gasteiger partial charge in [0.1, 0.15) is 0 Å². The smallest absolute Gasteiger partial charge is 0.256 e. The van der Waals surface area contributed by atoms with Gasteiger partial charge in [-0.25, -0.2) is 4.68 Å². The standard InChI is InChI=1S/C28H26N6O3S/c29-27(35)26-17-33(18-38-26)23-6-8-24(9-7-23)34-25-10-3-21(15-20(25)16-30-34)31-28(36)19-1-4-22(5-2-19)32-11-13-37-14-12-32/h1-10,15-17H,11-14,18H2,(H2,29,35)(H,31,36). The number of rotatable bonds is 6. The van der Waals surface area contributed by atoms with Crippen molar-refractivity contribution in [1.82, 2.24) is 9.78 Å². The van der Waals surface area contributed by atoms with Crippen molar-refractivity contribution in [3.05, 3.63) is 89.6 Å². The van der Waals surface area contributed by atoms with Crippen LogP contribution in [0.4, 0.5) is 17.1 Å². The number of morpholine rings is 1. The van der Waals surface area contributed by atoms with Crippen LogP contribution >= 0.6 is 11.8 Å². The Morgan fingerprint density at radius 3 is 2.34 bits per heavy atom. The average Bonchev–Trinajstić information content (AvgIpc) is 3.62. The fourth-order valence-corrected chi connectivity index (χ4v) is 5.43. The third-order valence-corrected chi connectivity index (χ3v) is 7.66. The minimum atomic E-state index is -0.408. The fraction of sp³-hybridized carbons (Fsp3) is 0.179. The lowest BCUT2D eigenvalue weighted by molar-refractivity contribution is -0.113. The van der Waals surface area contributed by atoms with Crippen LogP contribution in [0.25, 0.3) is 16.6 Å². The molecule has 9 nitrogen and oxygen atoms in total. The lowest BCUT2D eigenvalue weighted by Gasteiger charge is -2.28. The quantitative estimate of drug-likeness (QED) is 0.392. The molecule has 10 heteroatoms. The van der Waals surface area contributed by atoms with E-state index in [2.05, 4.69) is 15.3 Å². The van der Waals surface area contributed by atoms with E-state index < -0.39 is 5.91 Å². The Kier molecular flexibility index (Phi) is 6.48. The number of anilines is 3. The molecule has 192 valence electrons. The number of amides is 2. The normalized spacial score (nSPS) is 15.5. The highest BCUT2D eigenvalue weighted by Crippen LogP contribution is 2.31. The van der Waals surface area contributed by atoms with E-state index in [1.165, 1.54) is 11.8 Å². The number of thioether (sulfide) groups is 1. The molecule has 4 aromatic rings. The Morgan fingerprint density at radius 2 is 1.63 bits per heavy atom. The van der Waals surface area contributed by atoms with E-state index in [0.29, 0.717) is 22.0 Å². The lowest BCUT2D eigenvalue weighted by atomic mass is 10.1. The van der Waals surface area contributed by atoms with Crippen molar-refractivity contribution in [2.75, 3.05) is 47.3 Å². The topological polar surface area (TPSA) is 106 Å². The maximum absolute atomic E-state index is 12.9. The summed E-state index contributed by atoms with van der Waals surface area (Å²) < 4.78 is 7.27. The van der Waals surface area contributed by atoms with E-state index in [-0.39, 0.29) is 5.91 Å². The molecule has 2 amide bonds. The third-order valence-electron chi connectivity index (χ3n) is 6.63. The molecule has 0 spiro atoms. The summed E-state index contributed by atoms with van der Waals surface area (Å²) in [5.74, 6) is 0.0818. The molecule has 2 aliphatic rings. The molecular formula is C28H26N6O3S. The van der Waals surface area contributed by atoms with Crippen molar-refractivity contribution >= 4 is 51.5 Å². The first-order valence-corrected chi connectivity index (χ1v) is 13.3. The third kappa shape index (κ3) is 4.83. The number of carbonyl (C=O) groups is 2. The van der Waals surface area contributed by atoms with Crippen LogP contribution in [0.5, 0.6) is 0 Å². The zero-order chi connectivity index (χ0) is 26.1. The monoisotopic (exact) mass is 526 g/mol. The molecule has 0 atom stereocenters. The fourth-order valence-electron chi connectivity index (χ4n) is 4.59. The number of nitrogens with zero attached hydrogens (tertiary/aromatic N) is 4. The summed E-state index contributed by atoms with van der Waals surface area (Å²) in [5.41, 5.74) is 10.6. The predicted molar refractivity (Wildman–Crippen MR) is 151 cm³/mol. The van der Waals surface area contributed by atoms with Crippen LogP contribution in [-0.2, 0) is 9.53 Å². The van der Waals surface area contributed by atoms with E-state index >= 15 is 0 Å². The van der Waals surface area contributed by atoms with Crippen molar-refractivity contribution in [3.63, 3.8) is 0 Å². The molecule has 6 rings (SSSR count). The van der Waals surface area contributed by atoms with E-state index in [1.54, 1.807) is 12.4 Å². The van der Waals surface area contributed by atoms with Crippen LogP contribution in [0.3, 0.4) is 0 Å². The SMILES string of the molecule is NC(=O)C1=CN(c2ccc(-n3ncc4cc(NC(=O)c5ccc(N6CCOCC6)cc5)ccc43)cc2)CS1. The molecule has 3 N–H and O–H groups in total. The Balaban J connectivity index is 1.15. The van der Waals surface area contributed by atoms with E-state index in [9.17, 15) is 9.59 Å². The zero-order valence-corrected chi connectivity index (χ0v) is 21.4. The maximum Gasteiger partial charge on any atom is 0.256 e. The van der Waals surface area contributed by atoms with Gasteiger partial charge < -0.3 is 25.6 Å². The first kappa shape index (κ1) is 24.1. The summed E-state index contributed by atoms with van der Waals surface area (Å²) in [7, 11) is 0. The second-order valence-corrected chi connectivity index (χ2v) is 10.0. The highest BCUT2D eigenvalue weighted by Gasteiger charge is 2.18. The summed E-state index contributed by atoms with van der Waals surface area (Å²) in [6.07, 6.45) is 3.56. The Bertz CT molecular complexity index is 1520. The van der Waals surface area contributed by atoms with Crippen LogP contribution in [0.15, 0.2) is 84.0 Å². The number of benzene rings is 3. The maximum atomic E-state index is 12.9. The van der Waals surface area contributed by atoms with E-state index in [1.807, 2.05) is 76.3 Å². The molecule has 0 bridgehead atoms. The molecule has 0 radical (unpaired) electrons. The van der Waals surface area contributed by atoms with E-state index in [0.717, 1.165) is 54.3 Å². The van der Waals surface area contributed by atoms with Gasteiger partial charge >= 0.3 is 0 Å². The van der Waals surface area contributed by atoms with Gasteiger partial charge in [0.2, 0.25) is 0 Å². The van der Waals surface area contributed by atoms with Gasteiger partial charge in [-0.15, -0.1) is 0 Å². The number of hydrogen-bond donors (Lipinski definition) is 2. The average molecular weight is 527 g/mol. The number of fused-ring (bicyclic) bond motifs is 1. The first-order chi connectivity index (χ1) is 18.5.